The fraction of sp³-hybridized carbons (Fsp3) is 0.567. The van der Waals surface area contributed by atoms with E-state index in [4.69, 9.17) is 10.1 Å². The van der Waals surface area contributed by atoms with Crippen LogP contribution in [0.15, 0.2) is 40.2 Å². The Kier molecular flexibility index (Phi) is 8.29. The summed E-state index contributed by atoms with van der Waals surface area (Å²) in [6, 6.07) is 6.83. The van der Waals surface area contributed by atoms with Crippen LogP contribution in [0.3, 0.4) is 0 Å². The fourth-order valence-corrected chi connectivity index (χ4v) is 8.10. The molecule has 0 radical (unpaired) electrons. The second kappa shape index (κ2) is 11.6. The van der Waals surface area contributed by atoms with Gasteiger partial charge in [-0.25, -0.2) is 8.42 Å². The maximum atomic E-state index is 13.4. The Morgan fingerprint density at radius 3 is 2.44 bits per heavy atom. The van der Waals surface area contributed by atoms with Crippen molar-refractivity contribution < 1.29 is 17.9 Å². The summed E-state index contributed by atoms with van der Waals surface area (Å²) in [6.07, 6.45) is 9.54. The van der Waals surface area contributed by atoms with Crippen LogP contribution in [0.4, 0.5) is 11.4 Å². The number of benzene rings is 1. The molecule has 41 heavy (non-hydrogen) atoms. The monoisotopic (exact) mass is 583 g/mol. The molecule has 2 heterocycles. The van der Waals surface area contributed by atoms with Gasteiger partial charge < -0.3 is 20.4 Å². The van der Waals surface area contributed by atoms with Gasteiger partial charge in [-0.3, -0.25) is 15.0 Å². The van der Waals surface area contributed by atoms with Gasteiger partial charge in [0.05, 0.1) is 16.5 Å². The minimum atomic E-state index is -3.67. The summed E-state index contributed by atoms with van der Waals surface area (Å²) >= 11 is 0. The molecule has 222 valence electrons. The molecule has 3 aliphatic rings. The Balaban J connectivity index is 1.27. The molecular formula is C30H41N5O5S. The number of fused-ring (bicyclic) bond motifs is 1. The van der Waals surface area contributed by atoms with E-state index >= 15 is 0 Å². The lowest BCUT2D eigenvalue weighted by molar-refractivity contribution is -0.161. The Morgan fingerprint density at radius 2 is 1.76 bits per heavy atom. The number of nitrogens with zero attached hydrogens (tertiary/aromatic N) is 1. The predicted molar refractivity (Wildman–Crippen MR) is 159 cm³/mol. The molecular weight excluding hydrogens is 542 g/mol. The first-order chi connectivity index (χ1) is 19.4. The van der Waals surface area contributed by atoms with Gasteiger partial charge in [-0.15, -0.1) is 0 Å². The minimum absolute atomic E-state index is 0.0525. The van der Waals surface area contributed by atoms with Crippen molar-refractivity contribution in [2.45, 2.75) is 108 Å². The summed E-state index contributed by atoms with van der Waals surface area (Å²) in [6.45, 7) is 5.78. The van der Waals surface area contributed by atoms with Crippen molar-refractivity contribution in [3.63, 3.8) is 0 Å². The topological polar surface area (TPSA) is 144 Å². The van der Waals surface area contributed by atoms with Gasteiger partial charge in [0.2, 0.25) is 10.0 Å². The standard InChI is InChI=1S/C30H41N5O5S/c1-30(2,3)40-29(37)19-9-12-23(13-10-19)35-18-20-17-22(11-14-25(20)41(35,38)39)34-27(31)26-24(15-16-32-28(26)36)33-21-7-5-4-6-8-21/h11,14-17,19,21,23H,4-10,12-13,18H2,1-3H3,(H2,31,34)(H2,32,33,36)/t19-,23+. The molecule has 2 aliphatic carbocycles. The zero-order chi connectivity index (χ0) is 29.4. The summed E-state index contributed by atoms with van der Waals surface area (Å²) in [5.41, 5.74) is 1.15. The normalized spacial score (nSPS) is 23.0. The van der Waals surface area contributed by atoms with Crippen LogP contribution in [0.5, 0.6) is 0 Å². The van der Waals surface area contributed by atoms with Gasteiger partial charge in [-0.05, 0) is 89.1 Å². The molecule has 1 aromatic heterocycles. The molecule has 2 saturated carbocycles. The Morgan fingerprint density at radius 1 is 1.05 bits per heavy atom. The predicted octanol–water partition coefficient (Wildman–Crippen LogP) is 4.96. The highest BCUT2D eigenvalue weighted by Crippen LogP contribution is 2.39. The van der Waals surface area contributed by atoms with Crippen molar-refractivity contribution in [1.82, 2.24) is 9.29 Å². The first kappa shape index (κ1) is 29.3. The third kappa shape index (κ3) is 6.51. The number of pyridine rings is 1. The second-order valence-corrected chi connectivity index (χ2v) is 14.3. The molecule has 1 aromatic carbocycles. The molecule has 1 aliphatic heterocycles. The maximum absolute atomic E-state index is 13.4. The van der Waals surface area contributed by atoms with Crippen molar-refractivity contribution in [2.75, 3.05) is 10.6 Å². The lowest BCUT2D eigenvalue weighted by atomic mass is 9.86. The number of H-pyrrole nitrogens is 1. The average molecular weight is 584 g/mol. The van der Waals surface area contributed by atoms with Crippen LogP contribution in [0, 0.1) is 11.3 Å². The molecule has 11 heteroatoms. The number of aromatic nitrogens is 1. The number of hydrogen-bond donors (Lipinski definition) is 4. The largest absolute Gasteiger partial charge is 0.460 e. The number of esters is 1. The second-order valence-electron chi connectivity index (χ2n) is 12.5. The highest BCUT2D eigenvalue weighted by molar-refractivity contribution is 7.89. The highest BCUT2D eigenvalue weighted by atomic mass is 32.2. The van der Waals surface area contributed by atoms with E-state index in [1.54, 1.807) is 34.8 Å². The Hall–Kier alpha value is -3.18. The number of nitrogens with one attached hydrogen (secondary N) is 4. The number of anilines is 2. The lowest BCUT2D eigenvalue weighted by Crippen LogP contribution is -2.40. The average Bonchev–Trinajstić information content (AvgIpc) is 3.18. The third-order valence-electron chi connectivity index (χ3n) is 8.26. The minimum Gasteiger partial charge on any atom is -0.460 e. The van der Waals surface area contributed by atoms with Crippen LogP contribution in [0.25, 0.3) is 0 Å². The summed E-state index contributed by atoms with van der Waals surface area (Å²) in [7, 11) is -3.67. The van der Waals surface area contributed by atoms with Gasteiger partial charge in [0.1, 0.15) is 17.0 Å². The molecule has 0 saturated heterocycles. The Bertz CT molecular complexity index is 1460. The van der Waals surface area contributed by atoms with E-state index in [1.165, 1.54) is 6.42 Å². The molecule has 0 bridgehead atoms. The quantitative estimate of drug-likeness (QED) is 0.214. The van der Waals surface area contributed by atoms with Crippen molar-refractivity contribution in [3.05, 3.63) is 51.9 Å². The van der Waals surface area contributed by atoms with Gasteiger partial charge in [-0.1, -0.05) is 19.3 Å². The van der Waals surface area contributed by atoms with Crippen molar-refractivity contribution in [1.29, 1.82) is 5.41 Å². The molecule has 4 N–H and O–H groups in total. The number of hydrogen-bond acceptors (Lipinski definition) is 7. The SMILES string of the molecule is CC(C)(C)OC(=O)[C@H]1CC[C@@H](N2Cc3cc(NC(=N)c4c(NC5CCCCC5)cc[nH]c4=O)ccc3S2(=O)=O)CC1. The van der Waals surface area contributed by atoms with Crippen LogP contribution >= 0.6 is 0 Å². The molecule has 0 amide bonds. The number of carbonyl (C=O) groups excluding carboxylic acids is 1. The van der Waals surface area contributed by atoms with Crippen LogP contribution in [0.2, 0.25) is 0 Å². The molecule has 5 rings (SSSR count). The van der Waals surface area contributed by atoms with Gasteiger partial charge in [0.25, 0.3) is 5.56 Å². The van der Waals surface area contributed by atoms with E-state index in [0.29, 0.717) is 42.6 Å². The molecule has 0 spiro atoms. The lowest BCUT2D eigenvalue weighted by Gasteiger charge is -2.33. The van der Waals surface area contributed by atoms with E-state index in [0.717, 1.165) is 25.7 Å². The zero-order valence-electron chi connectivity index (χ0n) is 24.1. The van der Waals surface area contributed by atoms with Crippen molar-refractivity contribution in [2.24, 2.45) is 5.92 Å². The smallest absolute Gasteiger partial charge is 0.309 e. The Labute approximate surface area is 241 Å². The van der Waals surface area contributed by atoms with E-state index < -0.39 is 15.6 Å². The van der Waals surface area contributed by atoms with Crippen LogP contribution in [-0.2, 0) is 26.1 Å². The molecule has 0 unspecified atom stereocenters. The number of amidine groups is 1. The van der Waals surface area contributed by atoms with E-state index in [2.05, 4.69) is 15.6 Å². The summed E-state index contributed by atoms with van der Waals surface area (Å²) in [5.74, 6) is -0.474. The summed E-state index contributed by atoms with van der Waals surface area (Å²) in [4.78, 5) is 28.2. The number of ether oxygens (including phenoxy) is 1. The van der Waals surface area contributed by atoms with Crippen LogP contribution < -0.4 is 16.2 Å². The van der Waals surface area contributed by atoms with Gasteiger partial charge >= 0.3 is 5.97 Å². The van der Waals surface area contributed by atoms with Crippen LogP contribution in [0.1, 0.15) is 89.7 Å². The van der Waals surface area contributed by atoms with Crippen molar-refractivity contribution in [3.8, 4) is 0 Å². The zero-order valence-corrected chi connectivity index (χ0v) is 24.9. The maximum Gasteiger partial charge on any atom is 0.309 e. The number of rotatable bonds is 6. The number of carbonyl (C=O) groups is 1. The van der Waals surface area contributed by atoms with Gasteiger partial charge in [0, 0.05) is 30.5 Å². The fourth-order valence-electron chi connectivity index (χ4n) is 6.24. The molecule has 2 aromatic rings. The van der Waals surface area contributed by atoms with E-state index in [1.807, 2.05) is 20.8 Å². The third-order valence-corrected chi connectivity index (χ3v) is 10.3. The molecule has 10 nitrogen and oxygen atoms in total. The first-order valence-electron chi connectivity index (χ1n) is 14.6. The number of sulfonamides is 1. The van der Waals surface area contributed by atoms with Crippen LogP contribution in [-0.4, -0.2) is 47.2 Å². The summed E-state index contributed by atoms with van der Waals surface area (Å²) < 4.78 is 34.0. The van der Waals surface area contributed by atoms with Crippen molar-refractivity contribution >= 4 is 33.2 Å². The molecule has 2 fully saturated rings. The number of aromatic amines is 1. The van der Waals surface area contributed by atoms with E-state index in [9.17, 15) is 18.0 Å². The summed E-state index contributed by atoms with van der Waals surface area (Å²) in [5, 5.41) is 15.2. The van der Waals surface area contributed by atoms with E-state index in [-0.39, 0.29) is 52.4 Å². The molecule has 0 atom stereocenters. The van der Waals surface area contributed by atoms with Gasteiger partial charge in [0.15, 0.2) is 0 Å². The highest BCUT2D eigenvalue weighted by Gasteiger charge is 2.41. The first-order valence-corrected chi connectivity index (χ1v) is 16.1. The van der Waals surface area contributed by atoms with Gasteiger partial charge in [-0.2, -0.15) is 4.31 Å².